The van der Waals surface area contributed by atoms with Gasteiger partial charge in [-0.2, -0.15) is 0 Å². The number of imidazole rings is 1. The Kier molecular flexibility index (Phi) is 12.6. The molecule has 0 bridgehead atoms. The van der Waals surface area contributed by atoms with Gasteiger partial charge in [-0.05, 0) is 63.5 Å². The van der Waals surface area contributed by atoms with E-state index in [4.69, 9.17) is 13.9 Å². The molecule has 1 aromatic heterocycles. The highest BCUT2D eigenvalue weighted by atomic mass is 28.4. The second-order valence-electron chi connectivity index (χ2n) is 17.5. The number of amides is 4. The SMILES string of the molecule is CC(C)(C)OC(=O)NCCN(CCO[Si](C)(C)C(C)(C)C)C(=O)c1ccc2c3c1NCCn3c(=O)n2C1CCC(=O)N(COCC[Si](C)(C)C)C1=O. The number of nitrogens with zero attached hydrogens (tertiary/aromatic N) is 4. The lowest BCUT2D eigenvalue weighted by Crippen LogP contribution is -2.48. The number of anilines is 1. The first-order chi connectivity index (χ1) is 24.0. The maximum absolute atomic E-state index is 14.4. The van der Waals surface area contributed by atoms with E-state index >= 15 is 0 Å². The van der Waals surface area contributed by atoms with Gasteiger partial charge >= 0.3 is 11.8 Å². The highest BCUT2D eigenvalue weighted by Crippen LogP contribution is 2.37. The van der Waals surface area contributed by atoms with Crippen LogP contribution in [0.25, 0.3) is 11.0 Å². The molecule has 0 saturated carbocycles. The van der Waals surface area contributed by atoms with E-state index in [2.05, 4.69) is 64.1 Å². The van der Waals surface area contributed by atoms with E-state index in [0.29, 0.717) is 48.6 Å². The molecule has 2 aliphatic rings. The molecule has 1 saturated heterocycles. The van der Waals surface area contributed by atoms with Crippen LogP contribution in [0.3, 0.4) is 0 Å². The number of imide groups is 1. The van der Waals surface area contributed by atoms with Crippen molar-refractivity contribution in [3.05, 3.63) is 28.2 Å². The molecular weight excluding hydrogens is 701 g/mol. The Morgan fingerprint density at radius 3 is 2.33 bits per heavy atom. The Balaban J connectivity index is 1.63. The Morgan fingerprint density at radius 2 is 1.69 bits per heavy atom. The molecule has 0 aliphatic carbocycles. The molecule has 16 heteroatoms. The summed E-state index contributed by atoms with van der Waals surface area (Å²) < 4.78 is 20.7. The maximum Gasteiger partial charge on any atom is 0.407 e. The van der Waals surface area contributed by atoms with E-state index in [0.717, 1.165) is 10.9 Å². The van der Waals surface area contributed by atoms with Crippen LogP contribution in [0.5, 0.6) is 0 Å². The van der Waals surface area contributed by atoms with Crippen molar-refractivity contribution in [3.63, 3.8) is 0 Å². The largest absolute Gasteiger partial charge is 0.444 e. The maximum atomic E-state index is 14.4. The van der Waals surface area contributed by atoms with Gasteiger partial charge in [0.1, 0.15) is 18.4 Å². The van der Waals surface area contributed by atoms with Gasteiger partial charge in [-0.15, -0.1) is 0 Å². The molecule has 1 fully saturated rings. The summed E-state index contributed by atoms with van der Waals surface area (Å²) in [5.74, 6) is -1.07. The number of aromatic nitrogens is 2. The van der Waals surface area contributed by atoms with Gasteiger partial charge in [-0.25, -0.2) is 9.59 Å². The Hall–Kier alpha value is -3.48. The van der Waals surface area contributed by atoms with E-state index in [9.17, 15) is 24.0 Å². The molecular formula is C36H60N6O8Si2. The second-order valence-corrected chi connectivity index (χ2v) is 27.9. The van der Waals surface area contributed by atoms with Crippen molar-refractivity contribution >= 4 is 56.9 Å². The fourth-order valence-electron chi connectivity index (χ4n) is 5.99. The lowest BCUT2D eigenvalue weighted by atomic mass is 10.0. The van der Waals surface area contributed by atoms with Crippen LogP contribution in [0.15, 0.2) is 16.9 Å². The molecule has 4 amide bonds. The summed E-state index contributed by atoms with van der Waals surface area (Å²) in [6.45, 7) is 24.8. The van der Waals surface area contributed by atoms with Crippen molar-refractivity contribution in [2.24, 2.45) is 0 Å². The van der Waals surface area contributed by atoms with Gasteiger partial charge in [-0.1, -0.05) is 40.4 Å². The Labute approximate surface area is 309 Å². The van der Waals surface area contributed by atoms with E-state index < -0.39 is 40.0 Å². The summed E-state index contributed by atoms with van der Waals surface area (Å²) in [6, 6.07) is 3.40. The standard InChI is InChI=1S/C36H60N6O8Si2/c1-35(2,3)50-33(46)38-16-18-39(20-21-49-52(10,11)36(4,5)6)31(44)25-12-13-26-30-29(25)37-17-19-40(30)34(47)42(26)27-14-15-28(43)41(32(27)45)24-48-22-23-51(7,8)9/h12-13,27,37H,14-24H2,1-11H3,(H,38,46). The van der Waals surface area contributed by atoms with Crippen LogP contribution in [0.4, 0.5) is 10.5 Å². The van der Waals surface area contributed by atoms with Gasteiger partial charge in [0.25, 0.3) is 11.8 Å². The molecule has 2 aromatic rings. The summed E-state index contributed by atoms with van der Waals surface area (Å²) in [5, 5.41) is 6.08. The number of nitrogens with one attached hydrogen (secondary N) is 2. The minimum Gasteiger partial charge on any atom is -0.444 e. The van der Waals surface area contributed by atoms with Crippen LogP contribution in [0, 0.1) is 0 Å². The normalized spacial score (nSPS) is 17.0. The summed E-state index contributed by atoms with van der Waals surface area (Å²) in [7, 11) is -3.47. The summed E-state index contributed by atoms with van der Waals surface area (Å²) in [6.07, 6.45) is -0.271. The third-order valence-corrected chi connectivity index (χ3v) is 16.2. The van der Waals surface area contributed by atoms with Crippen LogP contribution in [0.2, 0.25) is 43.8 Å². The van der Waals surface area contributed by atoms with Crippen molar-refractivity contribution in [3.8, 4) is 0 Å². The van der Waals surface area contributed by atoms with Gasteiger partial charge in [0.2, 0.25) is 5.91 Å². The number of carbonyl (C=O) groups is 4. The molecule has 290 valence electrons. The van der Waals surface area contributed by atoms with E-state index in [1.807, 2.05) is 0 Å². The number of piperidine rings is 1. The first kappa shape index (κ1) is 41.3. The molecule has 2 aliphatic heterocycles. The number of likely N-dealkylation sites (tertiary alicyclic amines) is 1. The predicted octanol–water partition coefficient (Wildman–Crippen LogP) is 5.22. The smallest absolute Gasteiger partial charge is 0.407 e. The summed E-state index contributed by atoms with van der Waals surface area (Å²) in [5.41, 5.74) is 0.889. The lowest BCUT2D eigenvalue weighted by molar-refractivity contribution is -0.157. The monoisotopic (exact) mass is 760 g/mol. The van der Waals surface area contributed by atoms with Gasteiger partial charge < -0.3 is 29.4 Å². The third kappa shape index (κ3) is 9.73. The fraction of sp³-hybridized carbons (Fsp3) is 0.694. The minimum absolute atomic E-state index is 0.0131. The first-order valence-corrected chi connectivity index (χ1v) is 25.0. The Bertz CT molecular complexity index is 1720. The van der Waals surface area contributed by atoms with Gasteiger partial charge in [0.15, 0.2) is 8.32 Å². The number of alkyl carbamates (subject to hydrolysis) is 1. The Morgan fingerprint density at radius 1 is 1.00 bits per heavy atom. The molecule has 1 atom stereocenters. The molecule has 3 heterocycles. The second kappa shape index (κ2) is 15.9. The molecule has 1 unspecified atom stereocenters. The number of benzene rings is 1. The zero-order chi connectivity index (χ0) is 38.8. The van der Waals surface area contributed by atoms with Gasteiger partial charge in [-0.3, -0.25) is 28.4 Å². The van der Waals surface area contributed by atoms with Crippen molar-refractivity contribution in [2.45, 2.75) is 116 Å². The van der Waals surface area contributed by atoms with Crippen LogP contribution in [-0.2, 0) is 30.0 Å². The summed E-state index contributed by atoms with van der Waals surface area (Å²) in [4.78, 5) is 70.2. The predicted molar refractivity (Wildman–Crippen MR) is 207 cm³/mol. The average Bonchev–Trinajstić information content (AvgIpc) is 3.30. The molecule has 1 aromatic carbocycles. The van der Waals surface area contributed by atoms with E-state index in [-0.39, 0.29) is 61.7 Å². The van der Waals surface area contributed by atoms with Gasteiger partial charge in [0, 0.05) is 53.8 Å². The third-order valence-electron chi connectivity index (χ3n) is 9.97. The highest BCUT2D eigenvalue weighted by molar-refractivity contribution is 6.76. The van der Waals surface area contributed by atoms with E-state index in [1.54, 1.807) is 42.4 Å². The van der Waals surface area contributed by atoms with Crippen LogP contribution >= 0.6 is 0 Å². The zero-order valence-electron chi connectivity index (χ0n) is 33.1. The number of rotatable bonds is 14. The van der Waals surface area contributed by atoms with E-state index in [1.165, 1.54) is 4.57 Å². The van der Waals surface area contributed by atoms with Crippen molar-refractivity contribution < 1.29 is 33.1 Å². The van der Waals surface area contributed by atoms with Crippen LogP contribution in [0.1, 0.15) is 70.8 Å². The van der Waals surface area contributed by atoms with Crippen molar-refractivity contribution in [2.75, 3.05) is 51.4 Å². The zero-order valence-corrected chi connectivity index (χ0v) is 35.1. The summed E-state index contributed by atoms with van der Waals surface area (Å²) >= 11 is 0. The van der Waals surface area contributed by atoms with Crippen LogP contribution in [-0.4, -0.2) is 111 Å². The minimum atomic E-state index is -2.11. The quantitative estimate of drug-likeness (QED) is 0.150. The molecule has 2 N–H and O–H groups in total. The number of hydrogen-bond acceptors (Lipinski definition) is 9. The number of hydrogen-bond donors (Lipinski definition) is 2. The molecule has 0 spiro atoms. The first-order valence-electron chi connectivity index (χ1n) is 18.4. The van der Waals surface area contributed by atoms with Crippen LogP contribution < -0.4 is 16.3 Å². The number of carbonyl (C=O) groups excluding carboxylic acids is 4. The highest BCUT2D eigenvalue weighted by Gasteiger charge is 2.40. The fourth-order valence-corrected chi connectivity index (χ4v) is 7.78. The van der Waals surface area contributed by atoms with Gasteiger partial charge in [0.05, 0.1) is 28.9 Å². The molecule has 0 radical (unpaired) electrons. The average molecular weight is 761 g/mol. The van der Waals surface area contributed by atoms with Crippen molar-refractivity contribution in [1.82, 2.24) is 24.3 Å². The van der Waals surface area contributed by atoms with Crippen molar-refractivity contribution in [1.29, 1.82) is 0 Å². The molecule has 14 nitrogen and oxygen atoms in total. The topological polar surface area (TPSA) is 153 Å². The molecule has 52 heavy (non-hydrogen) atoms. The lowest BCUT2D eigenvalue weighted by Gasteiger charge is -2.37. The number of ether oxygens (including phenoxy) is 2. The molecule has 4 rings (SSSR count).